The zero-order valence-electron chi connectivity index (χ0n) is 9.74. The number of hydrogen-bond acceptors (Lipinski definition) is 6. The van der Waals surface area contributed by atoms with Crippen molar-refractivity contribution in [1.29, 1.82) is 0 Å². The highest BCUT2D eigenvalue weighted by atomic mass is 32.1. The molecule has 1 aliphatic heterocycles. The zero-order valence-corrected chi connectivity index (χ0v) is 10.6. The summed E-state index contributed by atoms with van der Waals surface area (Å²) >= 11 is 0.947. The topological polar surface area (TPSA) is 108 Å². The number of anilines is 1. The summed E-state index contributed by atoms with van der Waals surface area (Å²) in [5.74, 6) is -1.04. The summed E-state index contributed by atoms with van der Waals surface area (Å²) in [5, 5.41) is 18.9. The molecule has 0 spiro atoms. The number of piperidine rings is 1. The second-order valence-corrected chi connectivity index (χ2v) is 4.93. The highest BCUT2D eigenvalue weighted by Gasteiger charge is 2.37. The van der Waals surface area contributed by atoms with E-state index in [1.165, 1.54) is 4.90 Å². The lowest BCUT2D eigenvalue weighted by molar-refractivity contribution is -0.145. The van der Waals surface area contributed by atoms with Crippen LogP contribution in [0.2, 0.25) is 0 Å². The van der Waals surface area contributed by atoms with Crippen LogP contribution >= 0.6 is 11.5 Å². The highest BCUT2D eigenvalue weighted by molar-refractivity contribution is 7.09. The molecule has 1 aromatic heterocycles. The van der Waals surface area contributed by atoms with Crippen molar-refractivity contribution in [1.82, 2.24) is 19.7 Å². The zero-order chi connectivity index (χ0) is 13.1. The van der Waals surface area contributed by atoms with Gasteiger partial charge < -0.3 is 10.0 Å². The van der Waals surface area contributed by atoms with E-state index in [-0.39, 0.29) is 11.0 Å². The number of likely N-dealkylation sites (tertiary alicyclic amines) is 1. The van der Waals surface area contributed by atoms with Crippen molar-refractivity contribution in [3.63, 3.8) is 0 Å². The van der Waals surface area contributed by atoms with E-state index in [4.69, 9.17) is 0 Å². The number of hydrogen-bond donors (Lipinski definition) is 2. The largest absolute Gasteiger partial charge is 0.480 e. The van der Waals surface area contributed by atoms with Crippen LogP contribution in [-0.4, -0.2) is 49.4 Å². The van der Waals surface area contributed by atoms with E-state index in [9.17, 15) is 14.7 Å². The number of aliphatic carboxylic acids is 1. The first-order valence-corrected chi connectivity index (χ1v) is 6.32. The van der Waals surface area contributed by atoms with Crippen molar-refractivity contribution in [2.24, 2.45) is 5.92 Å². The second kappa shape index (κ2) is 5.25. The number of urea groups is 1. The van der Waals surface area contributed by atoms with E-state index in [1.807, 2.05) is 6.92 Å². The Balaban J connectivity index is 2.09. The van der Waals surface area contributed by atoms with E-state index < -0.39 is 18.0 Å². The van der Waals surface area contributed by atoms with Crippen LogP contribution in [0.25, 0.3) is 0 Å². The first-order valence-electron chi connectivity index (χ1n) is 5.55. The number of rotatable bonds is 2. The lowest BCUT2D eigenvalue weighted by Gasteiger charge is -2.36. The number of carboxylic acid groups (broad SMARTS) is 1. The molecule has 1 aromatic rings. The lowest BCUT2D eigenvalue weighted by atomic mass is 9.91. The molecule has 9 heteroatoms. The molecule has 2 amide bonds. The van der Waals surface area contributed by atoms with E-state index in [0.717, 1.165) is 24.4 Å². The maximum absolute atomic E-state index is 12.0. The Bertz CT molecular complexity index is 437. The van der Waals surface area contributed by atoms with Gasteiger partial charge in [0.05, 0.1) is 0 Å². The van der Waals surface area contributed by atoms with Crippen molar-refractivity contribution >= 4 is 28.7 Å². The molecule has 2 N–H and O–H groups in total. The summed E-state index contributed by atoms with van der Waals surface area (Å²) in [6.07, 6.45) is 1.61. The molecule has 2 atom stereocenters. The molecule has 0 radical (unpaired) electrons. The van der Waals surface area contributed by atoms with Gasteiger partial charge in [-0.1, -0.05) is 16.5 Å². The number of nitrogens with one attached hydrogen (secondary N) is 1. The number of nitrogens with zero attached hydrogens (tertiary/aromatic N) is 4. The van der Waals surface area contributed by atoms with Crippen molar-refractivity contribution in [3.8, 4) is 0 Å². The van der Waals surface area contributed by atoms with Crippen molar-refractivity contribution < 1.29 is 14.7 Å². The first kappa shape index (κ1) is 12.7. The van der Waals surface area contributed by atoms with Crippen LogP contribution in [0.1, 0.15) is 19.8 Å². The molecule has 8 nitrogen and oxygen atoms in total. The Morgan fingerprint density at radius 3 is 2.94 bits per heavy atom. The molecule has 18 heavy (non-hydrogen) atoms. The van der Waals surface area contributed by atoms with E-state index in [0.29, 0.717) is 6.54 Å². The molecule has 0 saturated carbocycles. The van der Waals surface area contributed by atoms with Gasteiger partial charge in [-0.2, -0.15) is 0 Å². The summed E-state index contributed by atoms with van der Waals surface area (Å²) in [6, 6.07) is -1.26. The SMILES string of the molecule is CC1CCCN(C(=O)Nc2nnns2)C1C(=O)O. The third-order valence-corrected chi connectivity index (χ3v) is 3.47. The van der Waals surface area contributed by atoms with Crippen LogP contribution in [-0.2, 0) is 4.79 Å². The second-order valence-electron chi connectivity index (χ2n) is 4.19. The monoisotopic (exact) mass is 271 g/mol. The third kappa shape index (κ3) is 2.55. The third-order valence-electron chi connectivity index (χ3n) is 2.96. The molecular formula is C9H13N5O3S. The molecule has 0 aromatic carbocycles. The van der Waals surface area contributed by atoms with Gasteiger partial charge in [-0.3, -0.25) is 5.32 Å². The molecule has 2 heterocycles. The van der Waals surface area contributed by atoms with E-state index in [2.05, 4.69) is 20.1 Å². The minimum atomic E-state index is -0.979. The lowest BCUT2D eigenvalue weighted by Crippen LogP contribution is -2.53. The first-order chi connectivity index (χ1) is 8.59. The van der Waals surface area contributed by atoms with Crippen molar-refractivity contribution in [3.05, 3.63) is 0 Å². The molecule has 0 bridgehead atoms. The fourth-order valence-electron chi connectivity index (χ4n) is 2.14. The summed E-state index contributed by atoms with van der Waals surface area (Å²) in [5.41, 5.74) is 0. The Morgan fingerprint density at radius 1 is 1.56 bits per heavy atom. The Labute approximate surface area is 107 Å². The quantitative estimate of drug-likeness (QED) is 0.817. The van der Waals surface area contributed by atoms with Crippen LogP contribution in [0.3, 0.4) is 0 Å². The standard InChI is InChI=1S/C9H13N5O3S/c1-5-3-2-4-14(6(5)7(15)16)9(17)10-8-11-12-13-18-8/h5-6H,2-4H2,1H3,(H,15,16)(H,10,11,13,17). The number of carboxylic acids is 1. The summed E-state index contributed by atoms with van der Waals surface area (Å²) in [6.45, 7) is 2.27. The van der Waals surface area contributed by atoms with Gasteiger partial charge in [0.1, 0.15) is 6.04 Å². The fraction of sp³-hybridized carbons (Fsp3) is 0.667. The molecule has 98 valence electrons. The van der Waals surface area contributed by atoms with Gasteiger partial charge in [0, 0.05) is 18.1 Å². The van der Waals surface area contributed by atoms with Gasteiger partial charge in [0.25, 0.3) is 0 Å². The fourth-order valence-corrected chi connectivity index (χ4v) is 2.49. The summed E-state index contributed by atoms with van der Waals surface area (Å²) < 4.78 is 3.52. The smallest absolute Gasteiger partial charge is 0.326 e. The van der Waals surface area contributed by atoms with Crippen molar-refractivity contribution in [2.75, 3.05) is 11.9 Å². The van der Waals surface area contributed by atoms with E-state index in [1.54, 1.807) is 0 Å². The van der Waals surface area contributed by atoms with Crippen LogP contribution in [0, 0.1) is 5.92 Å². The molecular weight excluding hydrogens is 258 g/mol. The van der Waals surface area contributed by atoms with Gasteiger partial charge in [0.15, 0.2) is 0 Å². The van der Waals surface area contributed by atoms with Crippen LogP contribution in [0.15, 0.2) is 0 Å². The van der Waals surface area contributed by atoms with Gasteiger partial charge >= 0.3 is 12.0 Å². The predicted octanol–water partition coefficient (Wildman–Crippen LogP) is 0.650. The minimum absolute atomic E-state index is 0.0606. The average Bonchev–Trinajstić information content (AvgIpc) is 2.80. The van der Waals surface area contributed by atoms with Crippen LogP contribution < -0.4 is 5.32 Å². The predicted molar refractivity (Wildman–Crippen MR) is 63.3 cm³/mol. The summed E-state index contributed by atoms with van der Waals surface area (Å²) in [4.78, 5) is 24.5. The Morgan fingerprint density at radius 2 is 2.33 bits per heavy atom. The maximum atomic E-state index is 12.0. The normalized spacial score (nSPS) is 23.7. The molecule has 0 aliphatic carbocycles. The average molecular weight is 271 g/mol. The van der Waals surface area contributed by atoms with Crippen LogP contribution in [0.5, 0.6) is 0 Å². The number of carbonyl (C=O) groups excluding carboxylic acids is 1. The summed E-state index contributed by atoms with van der Waals surface area (Å²) in [7, 11) is 0. The number of aromatic nitrogens is 3. The number of carbonyl (C=O) groups is 2. The Hall–Kier alpha value is -1.77. The number of amides is 2. The van der Waals surface area contributed by atoms with Crippen LogP contribution in [0.4, 0.5) is 9.93 Å². The van der Waals surface area contributed by atoms with Gasteiger partial charge in [-0.15, -0.1) is 0 Å². The van der Waals surface area contributed by atoms with Gasteiger partial charge in [-0.05, 0) is 24.0 Å². The van der Waals surface area contributed by atoms with E-state index >= 15 is 0 Å². The maximum Gasteiger partial charge on any atom is 0.326 e. The minimum Gasteiger partial charge on any atom is -0.480 e. The molecule has 2 unspecified atom stereocenters. The highest BCUT2D eigenvalue weighted by Crippen LogP contribution is 2.24. The van der Waals surface area contributed by atoms with Gasteiger partial charge in [-0.25, -0.2) is 9.59 Å². The molecule has 1 saturated heterocycles. The van der Waals surface area contributed by atoms with Crippen molar-refractivity contribution in [2.45, 2.75) is 25.8 Å². The Kier molecular flexibility index (Phi) is 3.70. The molecule has 1 aliphatic rings. The van der Waals surface area contributed by atoms with Gasteiger partial charge in [0.2, 0.25) is 5.13 Å². The molecule has 1 fully saturated rings. The molecule has 2 rings (SSSR count).